The molecule has 0 radical (unpaired) electrons. The van der Waals surface area contributed by atoms with Crippen LogP contribution in [0.4, 0.5) is 5.82 Å². The van der Waals surface area contributed by atoms with E-state index in [2.05, 4.69) is 20.7 Å². The Hall–Kier alpha value is -2.70. The number of benzene rings is 1. The number of anilines is 1. The molecule has 0 aliphatic rings. The van der Waals surface area contributed by atoms with Crippen LogP contribution in [0.25, 0.3) is 5.69 Å². The van der Waals surface area contributed by atoms with Gasteiger partial charge in [-0.1, -0.05) is 29.8 Å². The van der Waals surface area contributed by atoms with Gasteiger partial charge in [-0.3, -0.25) is 4.79 Å². The number of carbonyl (C=O) groups excluding carboxylic acids is 1. The molecule has 0 saturated heterocycles. The van der Waals surface area contributed by atoms with E-state index in [0.717, 1.165) is 22.6 Å². The average Bonchev–Trinajstić information content (AvgIpc) is 2.96. The van der Waals surface area contributed by atoms with Gasteiger partial charge in [0.25, 0.3) is 0 Å². The molecule has 0 unspecified atom stereocenters. The summed E-state index contributed by atoms with van der Waals surface area (Å²) in [6.45, 7) is 6.38. The minimum atomic E-state index is -0.388. The van der Waals surface area contributed by atoms with E-state index >= 15 is 0 Å². The van der Waals surface area contributed by atoms with Gasteiger partial charge in [-0.25, -0.2) is 9.67 Å². The molecule has 6 nitrogen and oxygen atoms in total. The van der Waals surface area contributed by atoms with Gasteiger partial charge in [0.1, 0.15) is 5.82 Å². The van der Waals surface area contributed by atoms with Crippen LogP contribution in [0.1, 0.15) is 23.9 Å². The maximum absolute atomic E-state index is 12.3. The Labute approximate surface area is 163 Å². The number of nitrogens with zero attached hydrogens (tertiary/aromatic N) is 3. The van der Waals surface area contributed by atoms with Crippen LogP contribution in [0.2, 0.25) is 5.02 Å². The molecule has 1 amide bonds. The molecular formula is C20H22ClN5O. The third kappa shape index (κ3) is 4.53. The predicted molar refractivity (Wildman–Crippen MR) is 107 cm³/mol. The summed E-state index contributed by atoms with van der Waals surface area (Å²) in [7, 11) is 0. The highest BCUT2D eigenvalue weighted by Gasteiger charge is 2.17. The van der Waals surface area contributed by atoms with E-state index in [1.54, 1.807) is 12.1 Å². The summed E-state index contributed by atoms with van der Waals surface area (Å²) in [4.78, 5) is 16.4. The second kappa shape index (κ2) is 8.33. The number of nitrogens with one attached hydrogen (secondary N) is 2. The highest BCUT2D eigenvalue weighted by Crippen LogP contribution is 2.18. The zero-order valence-corrected chi connectivity index (χ0v) is 16.3. The number of hydrogen-bond acceptors (Lipinski definition) is 4. The summed E-state index contributed by atoms with van der Waals surface area (Å²) >= 11 is 5.81. The van der Waals surface area contributed by atoms with Crippen molar-refractivity contribution in [3.63, 3.8) is 0 Å². The number of pyridine rings is 1. The van der Waals surface area contributed by atoms with Crippen LogP contribution in [-0.2, 0) is 11.3 Å². The van der Waals surface area contributed by atoms with E-state index in [1.807, 2.05) is 55.8 Å². The van der Waals surface area contributed by atoms with Crippen LogP contribution in [0.3, 0.4) is 0 Å². The molecule has 2 aromatic heterocycles. The summed E-state index contributed by atoms with van der Waals surface area (Å²) < 4.78 is 1.93. The predicted octanol–water partition coefficient (Wildman–Crippen LogP) is 3.65. The van der Waals surface area contributed by atoms with Gasteiger partial charge in [0, 0.05) is 24.0 Å². The summed E-state index contributed by atoms with van der Waals surface area (Å²) in [5.41, 5.74) is 4.10. The first-order valence-corrected chi connectivity index (χ1v) is 9.10. The molecule has 0 aliphatic heterocycles. The summed E-state index contributed by atoms with van der Waals surface area (Å²) in [6, 6.07) is 13.0. The van der Waals surface area contributed by atoms with Crippen molar-refractivity contribution in [3.05, 3.63) is 70.6 Å². The molecule has 3 rings (SSSR count). The molecular weight excluding hydrogens is 362 g/mol. The van der Waals surface area contributed by atoms with Gasteiger partial charge in [0.15, 0.2) is 0 Å². The van der Waals surface area contributed by atoms with E-state index in [-0.39, 0.29) is 11.9 Å². The first kappa shape index (κ1) is 19.1. The second-order valence-electron chi connectivity index (χ2n) is 6.35. The highest BCUT2D eigenvalue weighted by molar-refractivity contribution is 6.30. The summed E-state index contributed by atoms with van der Waals surface area (Å²) in [5, 5.41) is 11.2. The van der Waals surface area contributed by atoms with E-state index in [4.69, 9.17) is 11.6 Å². The van der Waals surface area contributed by atoms with Gasteiger partial charge in [-0.2, -0.15) is 5.10 Å². The van der Waals surface area contributed by atoms with Gasteiger partial charge >= 0.3 is 0 Å². The van der Waals surface area contributed by atoms with Crippen molar-refractivity contribution in [1.29, 1.82) is 0 Å². The van der Waals surface area contributed by atoms with Gasteiger partial charge in [-0.05, 0) is 45.0 Å². The third-order valence-corrected chi connectivity index (χ3v) is 4.62. The molecule has 140 valence electrons. The molecule has 0 saturated carbocycles. The van der Waals surface area contributed by atoms with E-state index in [9.17, 15) is 4.79 Å². The zero-order chi connectivity index (χ0) is 19.4. The number of aromatic nitrogens is 3. The number of carbonyl (C=O) groups is 1. The Morgan fingerprint density at radius 2 is 1.93 bits per heavy atom. The lowest BCUT2D eigenvalue weighted by atomic mass is 10.2. The Kier molecular flexibility index (Phi) is 5.88. The lowest BCUT2D eigenvalue weighted by molar-refractivity contribution is -0.117. The van der Waals surface area contributed by atoms with E-state index < -0.39 is 0 Å². The molecule has 0 bridgehead atoms. The van der Waals surface area contributed by atoms with Crippen molar-refractivity contribution < 1.29 is 4.79 Å². The number of halogens is 1. The molecule has 2 heterocycles. The Bertz CT molecular complexity index is 922. The number of para-hydroxylation sites is 1. The van der Waals surface area contributed by atoms with Crippen LogP contribution in [0, 0.1) is 13.8 Å². The Morgan fingerprint density at radius 1 is 1.19 bits per heavy atom. The fourth-order valence-electron chi connectivity index (χ4n) is 2.78. The first-order valence-electron chi connectivity index (χ1n) is 8.72. The van der Waals surface area contributed by atoms with Crippen LogP contribution in [-0.4, -0.2) is 26.7 Å². The fraction of sp³-hybridized carbons (Fsp3) is 0.250. The number of hydrogen-bond donors (Lipinski definition) is 2. The lowest BCUT2D eigenvalue weighted by Gasteiger charge is -2.14. The standard InChI is InChI=1S/C20H22ClN5O/c1-13-18(15(3)26(25-13)17-7-5-4-6-8-17)12-22-14(2)20(27)24-19-10-9-16(21)11-23-19/h4-11,14,22H,12H2,1-3H3,(H,23,24,27)/t14-/m1/s1. The van der Waals surface area contributed by atoms with Crippen molar-refractivity contribution in [2.24, 2.45) is 0 Å². The highest BCUT2D eigenvalue weighted by atomic mass is 35.5. The summed E-state index contributed by atoms with van der Waals surface area (Å²) in [5.74, 6) is 0.317. The van der Waals surface area contributed by atoms with Crippen molar-refractivity contribution in [2.75, 3.05) is 5.32 Å². The van der Waals surface area contributed by atoms with Crippen molar-refractivity contribution >= 4 is 23.3 Å². The average molecular weight is 384 g/mol. The second-order valence-corrected chi connectivity index (χ2v) is 6.79. The summed E-state index contributed by atoms with van der Waals surface area (Å²) in [6.07, 6.45) is 1.50. The van der Waals surface area contributed by atoms with Gasteiger partial charge in [0.05, 0.1) is 22.4 Å². The molecule has 0 fully saturated rings. The maximum Gasteiger partial charge on any atom is 0.242 e. The normalized spacial score (nSPS) is 12.0. The molecule has 0 spiro atoms. The maximum atomic E-state index is 12.3. The number of aryl methyl sites for hydroxylation is 1. The molecule has 27 heavy (non-hydrogen) atoms. The minimum Gasteiger partial charge on any atom is -0.309 e. The van der Waals surface area contributed by atoms with Crippen LogP contribution in [0.5, 0.6) is 0 Å². The van der Waals surface area contributed by atoms with Crippen molar-refractivity contribution in [3.8, 4) is 5.69 Å². The van der Waals surface area contributed by atoms with Gasteiger partial charge < -0.3 is 10.6 Å². The van der Waals surface area contributed by atoms with Gasteiger partial charge in [0.2, 0.25) is 5.91 Å². The Morgan fingerprint density at radius 3 is 2.59 bits per heavy atom. The fourth-order valence-corrected chi connectivity index (χ4v) is 2.90. The molecule has 3 aromatic rings. The minimum absolute atomic E-state index is 0.157. The molecule has 0 aliphatic carbocycles. The largest absolute Gasteiger partial charge is 0.309 e. The topological polar surface area (TPSA) is 71.8 Å². The van der Waals surface area contributed by atoms with Crippen LogP contribution in [0.15, 0.2) is 48.7 Å². The SMILES string of the molecule is Cc1nn(-c2ccccc2)c(C)c1CN[C@H](C)C(=O)Nc1ccc(Cl)cn1. The van der Waals surface area contributed by atoms with Gasteiger partial charge in [-0.15, -0.1) is 0 Å². The molecule has 1 aromatic carbocycles. The first-order chi connectivity index (χ1) is 13.0. The zero-order valence-electron chi connectivity index (χ0n) is 15.5. The van der Waals surface area contributed by atoms with Crippen molar-refractivity contribution in [1.82, 2.24) is 20.1 Å². The van der Waals surface area contributed by atoms with Crippen LogP contribution < -0.4 is 10.6 Å². The lowest BCUT2D eigenvalue weighted by Crippen LogP contribution is -2.38. The quantitative estimate of drug-likeness (QED) is 0.681. The van der Waals surface area contributed by atoms with Crippen molar-refractivity contribution in [2.45, 2.75) is 33.4 Å². The molecule has 2 N–H and O–H groups in total. The van der Waals surface area contributed by atoms with Crippen LogP contribution >= 0.6 is 11.6 Å². The van der Waals surface area contributed by atoms with E-state index in [1.165, 1.54) is 6.20 Å². The Balaban J connectivity index is 1.65. The number of rotatable bonds is 6. The molecule has 7 heteroatoms. The van der Waals surface area contributed by atoms with E-state index in [0.29, 0.717) is 17.4 Å². The monoisotopic (exact) mass is 383 g/mol. The smallest absolute Gasteiger partial charge is 0.242 e. The third-order valence-electron chi connectivity index (χ3n) is 4.40. The number of amides is 1. The molecule has 1 atom stereocenters.